The Morgan fingerprint density at radius 3 is 2.76 bits per heavy atom. The topological polar surface area (TPSA) is 108 Å². The second kappa shape index (κ2) is 8.19. The number of benzene rings is 1. The maximum absolute atomic E-state index is 12.7. The molecule has 150 valence electrons. The number of aromatic nitrogens is 3. The third-order valence-corrected chi connectivity index (χ3v) is 4.36. The Morgan fingerprint density at radius 1 is 1.21 bits per heavy atom. The monoisotopic (exact) mass is 396 g/mol. The number of aliphatic hydroxyl groups is 1. The highest BCUT2D eigenvalue weighted by Crippen LogP contribution is 2.28. The van der Waals surface area contributed by atoms with Gasteiger partial charge >= 0.3 is 0 Å². The Hall–Kier alpha value is -3.59. The number of fused-ring (bicyclic) bond motifs is 1. The number of rotatable bonds is 6. The molecular weight excluding hydrogens is 376 g/mol. The van der Waals surface area contributed by atoms with Crippen molar-refractivity contribution in [2.45, 2.75) is 6.54 Å². The van der Waals surface area contributed by atoms with Crippen molar-refractivity contribution in [2.75, 3.05) is 32.2 Å². The first-order chi connectivity index (χ1) is 14.2. The fraction of sp³-hybridized carbons (Fsp3) is 0.250. The number of pyridine rings is 1. The Bertz CT molecular complexity index is 1020. The first-order valence-corrected chi connectivity index (χ1v) is 9.09. The molecule has 1 aliphatic rings. The molecule has 0 atom stereocenters. The van der Waals surface area contributed by atoms with Gasteiger partial charge in [-0.15, -0.1) is 0 Å². The molecule has 3 heterocycles. The minimum Gasteiger partial charge on any atom is -0.497 e. The second-order valence-corrected chi connectivity index (χ2v) is 6.24. The van der Waals surface area contributed by atoms with Crippen molar-refractivity contribution in [3.63, 3.8) is 0 Å². The summed E-state index contributed by atoms with van der Waals surface area (Å²) in [6, 6.07) is 12.4. The largest absolute Gasteiger partial charge is 0.497 e. The first-order valence-electron chi connectivity index (χ1n) is 9.09. The molecule has 0 unspecified atom stereocenters. The van der Waals surface area contributed by atoms with E-state index in [0.29, 0.717) is 36.4 Å². The highest BCUT2D eigenvalue weighted by Gasteiger charge is 2.19. The molecule has 0 fully saturated rings. The Balaban J connectivity index is 1.58. The lowest BCUT2D eigenvalue weighted by Gasteiger charge is -2.17. The van der Waals surface area contributed by atoms with Crippen LogP contribution < -0.4 is 19.5 Å². The zero-order valence-corrected chi connectivity index (χ0v) is 15.8. The van der Waals surface area contributed by atoms with Gasteiger partial charge in [-0.3, -0.25) is 4.79 Å². The summed E-state index contributed by atoms with van der Waals surface area (Å²) in [4.78, 5) is 16.9. The van der Waals surface area contributed by atoms with E-state index >= 15 is 0 Å². The van der Waals surface area contributed by atoms with E-state index in [1.807, 2.05) is 24.3 Å². The minimum absolute atomic E-state index is 0.116. The van der Waals surface area contributed by atoms with Crippen LogP contribution in [-0.2, 0) is 6.54 Å². The highest BCUT2D eigenvalue weighted by molar-refractivity contribution is 6.02. The number of nitrogens with one attached hydrogen (secondary N) is 1. The standard InChI is InChI=1S/C20H20N4O5/c1-27-14-4-2-13(3-5-14)16-12-18(24(23-16)8-9-25)22-19(26)15-6-7-17-20(21-15)29-11-10-28-17/h2-7,12,25H,8-11H2,1H3,(H,22,26). The fourth-order valence-corrected chi connectivity index (χ4v) is 2.92. The quantitative estimate of drug-likeness (QED) is 0.656. The number of hydrogen-bond acceptors (Lipinski definition) is 7. The van der Waals surface area contributed by atoms with Crippen molar-refractivity contribution in [2.24, 2.45) is 0 Å². The number of anilines is 1. The summed E-state index contributed by atoms with van der Waals surface area (Å²) in [5.41, 5.74) is 1.71. The molecule has 3 aromatic rings. The molecule has 29 heavy (non-hydrogen) atoms. The van der Waals surface area contributed by atoms with E-state index in [0.717, 1.165) is 11.3 Å². The summed E-state index contributed by atoms with van der Waals surface area (Å²) in [5, 5.41) is 16.6. The Morgan fingerprint density at radius 2 is 2.00 bits per heavy atom. The molecule has 1 amide bonds. The van der Waals surface area contributed by atoms with Gasteiger partial charge < -0.3 is 24.6 Å². The van der Waals surface area contributed by atoms with Gasteiger partial charge in [0.15, 0.2) is 5.75 Å². The molecule has 1 aromatic carbocycles. The number of ether oxygens (including phenoxy) is 3. The zero-order chi connectivity index (χ0) is 20.2. The van der Waals surface area contributed by atoms with Crippen molar-refractivity contribution in [3.8, 4) is 28.6 Å². The number of hydrogen-bond donors (Lipinski definition) is 2. The van der Waals surface area contributed by atoms with Gasteiger partial charge in [-0.1, -0.05) is 0 Å². The normalized spacial score (nSPS) is 12.5. The van der Waals surface area contributed by atoms with Crippen LogP contribution in [0.2, 0.25) is 0 Å². The maximum atomic E-state index is 12.7. The summed E-state index contributed by atoms with van der Waals surface area (Å²) in [6.45, 7) is 0.962. The summed E-state index contributed by atoms with van der Waals surface area (Å²) in [6.07, 6.45) is 0. The van der Waals surface area contributed by atoms with Crippen LogP contribution in [0.1, 0.15) is 10.5 Å². The van der Waals surface area contributed by atoms with Gasteiger partial charge in [0.25, 0.3) is 11.8 Å². The van der Waals surface area contributed by atoms with Crippen molar-refractivity contribution in [3.05, 3.63) is 48.2 Å². The third kappa shape index (κ3) is 3.99. The fourth-order valence-electron chi connectivity index (χ4n) is 2.92. The van der Waals surface area contributed by atoms with Crippen LogP contribution in [0.4, 0.5) is 5.82 Å². The lowest BCUT2D eigenvalue weighted by Crippen LogP contribution is -2.20. The van der Waals surface area contributed by atoms with E-state index in [9.17, 15) is 9.90 Å². The SMILES string of the molecule is COc1ccc(-c2cc(NC(=O)c3ccc4c(n3)OCCO4)n(CCO)n2)cc1. The average molecular weight is 396 g/mol. The molecule has 0 aliphatic carbocycles. The number of methoxy groups -OCH3 is 1. The van der Waals surface area contributed by atoms with Crippen molar-refractivity contribution in [1.29, 1.82) is 0 Å². The summed E-state index contributed by atoms with van der Waals surface area (Å²) < 4.78 is 17.6. The van der Waals surface area contributed by atoms with E-state index in [2.05, 4.69) is 15.4 Å². The van der Waals surface area contributed by atoms with Crippen LogP contribution in [0.15, 0.2) is 42.5 Å². The van der Waals surface area contributed by atoms with Gasteiger partial charge in [0.05, 0.1) is 26.0 Å². The van der Waals surface area contributed by atoms with Gasteiger partial charge in [0, 0.05) is 11.6 Å². The molecular formula is C20H20N4O5. The van der Waals surface area contributed by atoms with Crippen molar-refractivity contribution < 1.29 is 24.1 Å². The van der Waals surface area contributed by atoms with Gasteiger partial charge in [-0.2, -0.15) is 5.10 Å². The molecule has 0 saturated carbocycles. The van der Waals surface area contributed by atoms with Crippen molar-refractivity contribution >= 4 is 11.7 Å². The lowest BCUT2D eigenvalue weighted by atomic mass is 10.1. The number of carbonyl (C=O) groups excluding carboxylic acids is 1. The smallest absolute Gasteiger partial charge is 0.275 e. The predicted octanol–water partition coefficient (Wildman–Crippen LogP) is 1.97. The van der Waals surface area contributed by atoms with E-state index in [-0.39, 0.29) is 18.8 Å². The molecule has 4 rings (SSSR count). The van der Waals surface area contributed by atoms with E-state index in [1.54, 1.807) is 25.3 Å². The Labute approximate surface area is 166 Å². The average Bonchev–Trinajstić information content (AvgIpc) is 3.16. The van der Waals surface area contributed by atoms with Gasteiger partial charge in [-0.25, -0.2) is 9.67 Å². The minimum atomic E-state index is -0.414. The number of aliphatic hydroxyl groups excluding tert-OH is 1. The number of amides is 1. The highest BCUT2D eigenvalue weighted by atomic mass is 16.6. The molecule has 0 radical (unpaired) electrons. The molecule has 1 aliphatic heterocycles. The predicted molar refractivity (Wildman–Crippen MR) is 104 cm³/mol. The second-order valence-electron chi connectivity index (χ2n) is 6.24. The lowest BCUT2D eigenvalue weighted by molar-refractivity contribution is 0.101. The maximum Gasteiger partial charge on any atom is 0.275 e. The molecule has 0 bridgehead atoms. The molecule has 2 aromatic heterocycles. The molecule has 0 saturated heterocycles. The van der Waals surface area contributed by atoms with Crippen molar-refractivity contribution in [1.82, 2.24) is 14.8 Å². The van der Waals surface area contributed by atoms with Gasteiger partial charge in [-0.05, 0) is 36.4 Å². The number of carbonyl (C=O) groups is 1. The molecule has 0 spiro atoms. The third-order valence-electron chi connectivity index (χ3n) is 4.36. The summed E-state index contributed by atoms with van der Waals surface area (Å²) in [5.74, 6) is 1.59. The van der Waals surface area contributed by atoms with Crippen LogP contribution in [0.25, 0.3) is 11.3 Å². The first kappa shape index (κ1) is 18.8. The molecule has 9 heteroatoms. The summed E-state index contributed by atoms with van der Waals surface area (Å²) in [7, 11) is 1.60. The van der Waals surface area contributed by atoms with Gasteiger partial charge in [0.1, 0.15) is 30.5 Å². The number of nitrogens with zero attached hydrogens (tertiary/aromatic N) is 3. The van der Waals surface area contributed by atoms with E-state index in [4.69, 9.17) is 14.2 Å². The van der Waals surface area contributed by atoms with Crippen LogP contribution in [0, 0.1) is 0 Å². The van der Waals surface area contributed by atoms with Crippen LogP contribution >= 0.6 is 0 Å². The van der Waals surface area contributed by atoms with Gasteiger partial charge in [0.2, 0.25) is 0 Å². The van der Waals surface area contributed by atoms with Crippen LogP contribution in [0.3, 0.4) is 0 Å². The van der Waals surface area contributed by atoms with Crippen LogP contribution in [-0.4, -0.2) is 52.7 Å². The summed E-state index contributed by atoms with van der Waals surface area (Å²) >= 11 is 0. The zero-order valence-electron chi connectivity index (χ0n) is 15.8. The van der Waals surface area contributed by atoms with E-state index < -0.39 is 5.91 Å². The Kier molecular flexibility index (Phi) is 5.30. The van der Waals surface area contributed by atoms with Crippen LogP contribution in [0.5, 0.6) is 17.4 Å². The molecule has 2 N–H and O–H groups in total. The molecule has 9 nitrogen and oxygen atoms in total. The van der Waals surface area contributed by atoms with E-state index in [1.165, 1.54) is 4.68 Å².